The third-order valence-electron chi connectivity index (χ3n) is 3.72. The van der Waals surface area contributed by atoms with Crippen LogP contribution in [-0.2, 0) is 4.79 Å². The second-order valence-electron chi connectivity index (χ2n) is 5.17. The summed E-state index contributed by atoms with van der Waals surface area (Å²) >= 11 is 13.0. The Morgan fingerprint density at radius 1 is 1.00 bits per heavy atom. The van der Waals surface area contributed by atoms with E-state index in [1.165, 1.54) is 6.92 Å². The molecule has 0 amide bonds. The molecule has 0 spiro atoms. The van der Waals surface area contributed by atoms with Gasteiger partial charge in [0.25, 0.3) is 0 Å². The van der Waals surface area contributed by atoms with E-state index in [4.69, 9.17) is 27.9 Å². The summed E-state index contributed by atoms with van der Waals surface area (Å²) < 4.78 is 4.39. The van der Waals surface area contributed by atoms with E-state index in [1.807, 2.05) is 48.5 Å². The largest absolute Gasteiger partial charge is 0.426 e. The Hall–Kier alpha value is -1.51. The van der Waals surface area contributed by atoms with E-state index in [0.717, 1.165) is 11.1 Å². The average Bonchev–Trinajstić information content (AvgIpc) is 3.02. The van der Waals surface area contributed by atoms with Crippen LogP contribution in [0.1, 0.15) is 29.9 Å². The lowest BCUT2D eigenvalue weighted by Gasteiger charge is -2.08. The molecule has 108 valence electrons. The van der Waals surface area contributed by atoms with Gasteiger partial charge < -0.3 is 4.74 Å². The number of benzene rings is 2. The first-order valence-electron chi connectivity index (χ1n) is 6.72. The van der Waals surface area contributed by atoms with Crippen LogP contribution in [0.2, 0.25) is 0 Å². The summed E-state index contributed by atoms with van der Waals surface area (Å²) in [6.45, 7) is 1.38. The Morgan fingerprint density at radius 2 is 1.62 bits per heavy atom. The molecule has 1 aliphatic carbocycles. The van der Waals surface area contributed by atoms with Crippen LogP contribution in [0.15, 0.2) is 54.6 Å². The summed E-state index contributed by atoms with van der Waals surface area (Å²) in [7, 11) is 0. The molecule has 1 saturated carbocycles. The van der Waals surface area contributed by atoms with Crippen molar-refractivity contribution in [2.75, 3.05) is 0 Å². The lowest BCUT2D eigenvalue weighted by atomic mass is 10.0. The fourth-order valence-electron chi connectivity index (χ4n) is 2.77. The summed E-state index contributed by atoms with van der Waals surface area (Å²) in [5.41, 5.74) is 1.96. The number of hydrogen-bond acceptors (Lipinski definition) is 2. The Labute approximate surface area is 133 Å². The van der Waals surface area contributed by atoms with Crippen molar-refractivity contribution in [3.63, 3.8) is 0 Å². The smallest absolute Gasteiger partial charge is 0.308 e. The summed E-state index contributed by atoms with van der Waals surface area (Å²) in [6.07, 6.45) is 0. The molecule has 2 atom stereocenters. The highest BCUT2D eigenvalue weighted by molar-refractivity contribution is 6.52. The van der Waals surface area contributed by atoms with Crippen LogP contribution < -0.4 is 4.74 Å². The fourth-order valence-corrected chi connectivity index (χ4v) is 3.64. The lowest BCUT2D eigenvalue weighted by molar-refractivity contribution is -0.131. The van der Waals surface area contributed by atoms with Gasteiger partial charge in [0.2, 0.25) is 0 Å². The molecule has 0 N–H and O–H groups in total. The van der Waals surface area contributed by atoms with E-state index in [0.29, 0.717) is 5.75 Å². The van der Waals surface area contributed by atoms with Crippen molar-refractivity contribution in [2.45, 2.75) is 23.1 Å². The highest BCUT2D eigenvalue weighted by atomic mass is 35.5. The van der Waals surface area contributed by atoms with Gasteiger partial charge in [-0.25, -0.2) is 0 Å². The zero-order valence-corrected chi connectivity index (χ0v) is 12.9. The highest BCUT2D eigenvalue weighted by Gasteiger charge is 2.65. The Balaban J connectivity index is 1.97. The van der Waals surface area contributed by atoms with Crippen LogP contribution in [0.5, 0.6) is 5.75 Å². The number of hydrogen-bond donors (Lipinski definition) is 0. The Bertz CT molecular complexity index is 668. The second kappa shape index (κ2) is 5.36. The van der Waals surface area contributed by atoms with Gasteiger partial charge in [-0.1, -0.05) is 48.5 Å². The molecule has 0 aliphatic heterocycles. The van der Waals surface area contributed by atoms with Gasteiger partial charge in [-0.15, -0.1) is 23.2 Å². The Morgan fingerprint density at radius 3 is 2.29 bits per heavy atom. The molecule has 0 saturated heterocycles. The van der Waals surface area contributed by atoms with E-state index in [-0.39, 0.29) is 17.8 Å². The maximum absolute atomic E-state index is 11.2. The van der Waals surface area contributed by atoms with Crippen LogP contribution in [0.3, 0.4) is 0 Å². The number of alkyl halides is 2. The van der Waals surface area contributed by atoms with E-state index in [1.54, 1.807) is 6.07 Å². The summed E-state index contributed by atoms with van der Waals surface area (Å²) in [5.74, 6) is 0.0886. The number of halogens is 2. The van der Waals surface area contributed by atoms with E-state index in [2.05, 4.69) is 0 Å². The van der Waals surface area contributed by atoms with Crippen molar-refractivity contribution in [3.05, 3.63) is 65.7 Å². The first kappa shape index (κ1) is 14.4. The molecule has 21 heavy (non-hydrogen) atoms. The molecule has 2 nitrogen and oxygen atoms in total. The lowest BCUT2D eigenvalue weighted by Crippen LogP contribution is -2.04. The molecule has 2 aromatic carbocycles. The maximum atomic E-state index is 11.2. The zero-order chi connectivity index (χ0) is 15.0. The summed E-state index contributed by atoms with van der Waals surface area (Å²) in [5, 5.41) is 0. The average molecular weight is 321 g/mol. The number of carbonyl (C=O) groups is 1. The van der Waals surface area contributed by atoms with Crippen molar-refractivity contribution in [3.8, 4) is 5.75 Å². The quantitative estimate of drug-likeness (QED) is 0.467. The van der Waals surface area contributed by atoms with Crippen molar-refractivity contribution in [1.82, 2.24) is 0 Å². The molecule has 3 rings (SSSR count). The fraction of sp³-hybridized carbons (Fsp3) is 0.235. The van der Waals surface area contributed by atoms with Gasteiger partial charge in [-0.2, -0.15) is 0 Å². The van der Waals surface area contributed by atoms with Gasteiger partial charge in [0.1, 0.15) is 10.1 Å². The Kier molecular flexibility index (Phi) is 3.68. The van der Waals surface area contributed by atoms with Gasteiger partial charge in [-0.3, -0.25) is 4.79 Å². The van der Waals surface area contributed by atoms with E-state index >= 15 is 0 Å². The number of ether oxygens (including phenoxy) is 1. The van der Waals surface area contributed by atoms with Crippen molar-refractivity contribution in [2.24, 2.45) is 0 Å². The summed E-state index contributed by atoms with van der Waals surface area (Å²) in [4.78, 5) is 11.2. The monoisotopic (exact) mass is 320 g/mol. The van der Waals surface area contributed by atoms with Crippen LogP contribution in [0, 0.1) is 0 Å². The van der Waals surface area contributed by atoms with Gasteiger partial charge in [0.05, 0.1) is 0 Å². The second-order valence-corrected chi connectivity index (χ2v) is 6.62. The van der Waals surface area contributed by atoms with Gasteiger partial charge in [0.15, 0.2) is 0 Å². The molecule has 0 radical (unpaired) electrons. The predicted molar refractivity (Wildman–Crippen MR) is 84.1 cm³/mol. The number of para-hydroxylation sites is 1. The van der Waals surface area contributed by atoms with Crippen molar-refractivity contribution >= 4 is 29.2 Å². The third kappa shape index (κ3) is 2.66. The highest BCUT2D eigenvalue weighted by Crippen LogP contribution is 2.71. The maximum Gasteiger partial charge on any atom is 0.308 e. The molecule has 0 aromatic heterocycles. The standard InChI is InChI=1S/C17H14Cl2O2/c1-11(20)21-14-10-6-5-9-13(14)16-15(17(16,18)19)12-7-3-2-4-8-12/h2-10,15-16H,1H3. The predicted octanol–water partition coefficient (Wildman–Crippen LogP) is 4.67. The minimum Gasteiger partial charge on any atom is -0.426 e. The number of esters is 1. The van der Waals surface area contributed by atoms with Crippen molar-refractivity contribution < 1.29 is 9.53 Å². The number of carbonyl (C=O) groups excluding carboxylic acids is 1. The molecule has 0 heterocycles. The molecule has 1 fully saturated rings. The topological polar surface area (TPSA) is 26.3 Å². The number of rotatable bonds is 3. The van der Waals surface area contributed by atoms with E-state index < -0.39 is 4.33 Å². The third-order valence-corrected chi connectivity index (χ3v) is 4.66. The normalized spacial score (nSPS) is 22.6. The first-order chi connectivity index (χ1) is 10.0. The molecular formula is C17H14Cl2O2. The SMILES string of the molecule is CC(=O)Oc1ccccc1C1C(c2ccccc2)C1(Cl)Cl. The van der Waals surface area contributed by atoms with Gasteiger partial charge in [-0.05, 0) is 11.6 Å². The van der Waals surface area contributed by atoms with Crippen LogP contribution >= 0.6 is 23.2 Å². The zero-order valence-electron chi connectivity index (χ0n) is 11.4. The molecule has 2 unspecified atom stereocenters. The van der Waals surface area contributed by atoms with E-state index in [9.17, 15) is 4.79 Å². The minimum atomic E-state index is -0.877. The van der Waals surface area contributed by atoms with Crippen LogP contribution in [-0.4, -0.2) is 10.3 Å². The first-order valence-corrected chi connectivity index (χ1v) is 7.47. The molecule has 2 aromatic rings. The van der Waals surface area contributed by atoms with Crippen LogP contribution in [0.25, 0.3) is 0 Å². The minimum absolute atomic E-state index is 0.00117. The molecule has 4 heteroatoms. The van der Waals surface area contributed by atoms with Crippen molar-refractivity contribution in [1.29, 1.82) is 0 Å². The summed E-state index contributed by atoms with van der Waals surface area (Å²) in [6, 6.07) is 17.3. The molecule has 0 bridgehead atoms. The van der Waals surface area contributed by atoms with Gasteiger partial charge >= 0.3 is 5.97 Å². The molecular weight excluding hydrogens is 307 g/mol. The van der Waals surface area contributed by atoms with Gasteiger partial charge in [0, 0.05) is 24.3 Å². The van der Waals surface area contributed by atoms with Crippen LogP contribution in [0.4, 0.5) is 0 Å². The molecule has 1 aliphatic rings.